The fraction of sp³-hybridized carbons (Fsp3) is 0.529. The van der Waals surface area contributed by atoms with Gasteiger partial charge in [0.05, 0.1) is 59.0 Å². The third-order valence-electron chi connectivity index (χ3n) is 4.20. The number of fused-ring (bicyclic) bond motifs is 1. The average Bonchev–Trinajstić information content (AvgIpc) is 2.75. The van der Waals surface area contributed by atoms with Gasteiger partial charge in [0.15, 0.2) is 5.75 Å². The second kappa shape index (κ2) is 11.6. The molecule has 2 amide bonds. The molecule has 0 radical (unpaired) electrons. The maximum Gasteiger partial charge on any atom is 0.256 e. The number of hydrogen-bond acceptors (Lipinski definition) is 9. The minimum atomic E-state index is -1.15. The normalized spacial score (nSPS) is 17.2. The predicted octanol–water partition coefficient (Wildman–Crippen LogP) is -1.77. The van der Waals surface area contributed by atoms with Gasteiger partial charge in [-0.25, -0.2) is 0 Å². The van der Waals surface area contributed by atoms with Crippen molar-refractivity contribution in [2.24, 2.45) is 0 Å². The van der Waals surface area contributed by atoms with Gasteiger partial charge in [0.1, 0.15) is 6.10 Å². The van der Waals surface area contributed by atoms with Crippen LogP contribution >= 0.6 is 45.2 Å². The molecule has 1 aromatic carbocycles. The van der Waals surface area contributed by atoms with E-state index in [0.29, 0.717) is 9.26 Å². The molecule has 3 unspecified atom stereocenters. The Balaban J connectivity index is 2.49. The van der Waals surface area contributed by atoms with Crippen LogP contribution < -0.4 is 20.7 Å². The number of rotatable bonds is 9. The Hall–Kier alpha value is -0.980. The van der Waals surface area contributed by atoms with Gasteiger partial charge >= 0.3 is 0 Å². The van der Waals surface area contributed by atoms with Crippen LogP contribution in [-0.4, -0.2) is 95.1 Å². The number of anilines is 1. The second-order valence-electron chi connectivity index (χ2n) is 6.48. The van der Waals surface area contributed by atoms with Crippen LogP contribution in [-0.2, 0) is 0 Å². The Kier molecular flexibility index (Phi) is 9.76. The number of halogens is 2. The van der Waals surface area contributed by atoms with Crippen molar-refractivity contribution in [3.63, 3.8) is 0 Å². The van der Waals surface area contributed by atoms with Crippen molar-refractivity contribution in [2.75, 3.05) is 44.8 Å². The van der Waals surface area contributed by atoms with Crippen molar-refractivity contribution in [1.82, 2.24) is 10.6 Å². The molecule has 30 heavy (non-hydrogen) atoms. The van der Waals surface area contributed by atoms with Crippen LogP contribution in [0, 0.1) is 7.14 Å². The zero-order chi connectivity index (χ0) is 22.4. The molecule has 8 N–H and O–H groups in total. The van der Waals surface area contributed by atoms with Crippen molar-refractivity contribution in [3.05, 3.63) is 18.3 Å². The van der Waals surface area contributed by atoms with Crippen molar-refractivity contribution < 1.29 is 39.9 Å². The number of aliphatic hydroxyl groups is 5. The maximum absolute atomic E-state index is 12.9. The minimum Gasteiger partial charge on any atom is -0.483 e. The SMILES string of the molecule is O=C(NCC(O)CO)c1c(I)c2c(c(C(=O)NCC(O)CO)c1I)OC(CO)CN2. The van der Waals surface area contributed by atoms with Crippen LogP contribution in [0.4, 0.5) is 5.69 Å². The van der Waals surface area contributed by atoms with Gasteiger partial charge in [-0.15, -0.1) is 0 Å². The molecule has 0 fully saturated rings. The van der Waals surface area contributed by atoms with Gasteiger partial charge < -0.3 is 46.2 Å². The van der Waals surface area contributed by atoms with Crippen LogP contribution in [0.1, 0.15) is 20.7 Å². The Labute approximate surface area is 199 Å². The molecule has 1 heterocycles. The van der Waals surface area contributed by atoms with E-state index in [-0.39, 0.29) is 46.7 Å². The molecule has 1 aliphatic heterocycles. The monoisotopic (exact) mass is 651 g/mol. The van der Waals surface area contributed by atoms with E-state index in [2.05, 4.69) is 16.0 Å². The summed E-state index contributed by atoms with van der Waals surface area (Å²) in [5, 5.41) is 54.4. The van der Waals surface area contributed by atoms with Crippen LogP contribution in [0.5, 0.6) is 5.75 Å². The zero-order valence-corrected chi connectivity index (χ0v) is 20.0. The van der Waals surface area contributed by atoms with E-state index in [9.17, 15) is 24.9 Å². The first-order chi connectivity index (χ1) is 14.2. The molecule has 11 nitrogen and oxygen atoms in total. The van der Waals surface area contributed by atoms with Crippen LogP contribution in [0.3, 0.4) is 0 Å². The lowest BCUT2D eigenvalue weighted by atomic mass is 10.0. The first kappa shape index (κ1) is 25.3. The van der Waals surface area contributed by atoms with E-state index in [1.54, 1.807) is 0 Å². The van der Waals surface area contributed by atoms with Crippen LogP contribution in [0.25, 0.3) is 0 Å². The van der Waals surface area contributed by atoms with Crippen molar-refractivity contribution >= 4 is 62.7 Å². The summed E-state index contributed by atoms with van der Waals surface area (Å²) >= 11 is 3.78. The van der Waals surface area contributed by atoms with Crippen molar-refractivity contribution in [3.8, 4) is 5.75 Å². The fourth-order valence-corrected chi connectivity index (χ4v) is 5.07. The largest absolute Gasteiger partial charge is 0.483 e. The van der Waals surface area contributed by atoms with Crippen LogP contribution in [0.15, 0.2) is 0 Å². The number of aliphatic hydroxyl groups excluding tert-OH is 5. The number of carbonyl (C=O) groups excluding carboxylic acids is 2. The third kappa shape index (κ3) is 5.83. The van der Waals surface area contributed by atoms with E-state index in [0.717, 1.165) is 0 Å². The highest BCUT2D eigenvalue weighted by Gasteiger charge is 2.33. The summed E-state index contributed by atoms with van der Waals surface area (Å²) in [6, 6.07) is 0. The first-order valence-electron chi connectivity index (χ1n) is 8.95. The number of amides is 2. The molecule has 0 saturated carbocycles. The Morgan fingerprint density at radius 2 is 1.53 bits per heavy atom. The molecule has 0 aliphatic carbocycles. The van der Waals surface area contributed by atoms with Gasteiger partial charge in [-0.05, 0) is 45.2 Å². The maximum atomic E-state index is 12.9. The number of benzene rings is 1. The molecule has 0 spiro atoms. The molecular weight excluding hydrogens is 628 g/mol. The topological polar surface area (TPSA) is 181 Å². The molecule has 3 atom stereocenters. The Morgan fingerprint density at radius 1 is 1.00 bits per heavy atom. The standard InChI is InChI=1S/C17H23I2N3O8/c18-12-10(16(28)21-1-7(26)4-23)13(19)14-15(30-9(6-25)3-20-14)11(12)17(29)22-2-8(27)5-24/h7-9,20,23-27H,1-6H2,(H,21,28)(H,22,29). The molecule has 0 bridgehead atoms. The summed E-state index contributed by atoms with van der Waals surface area (Å²) < 4.78 is 6.52. The van der Waals surface area contributed by atoms with E-state index in [1.807, 2.05) is 45.2 Å². The van der Waals surface area contributed by atoms with E-state index >= 15 is 0 Å². The smallest absolute Gasteiger partial charge is 0.256 e. The lowest BCUT2D eigenvalue weighted by Gasteiger charge is -2.30. The van der Waals surface area contributed by atoms with Gasteiger partial charge in [0.2, 0.25) is 0 Å². The third-order valence-corrected chi connectivity index (χ3v) is 6.36. The number of hydrogen-bond donors (Lipinski definition) is 8. The highest BCUT2D eigenvalue weighted by molar-refractivity contribution is 14.1. The van der Waals surface area contributed by atoms with E-state index in [1.165, 1.54) is 0 Å². The highest BCUT2D eigenvalue weighted by Crippen LogP contribution is 2.42. The molecule has 13 heteroatoms. The summed E-state index contributed by atoms with van der Waals surface area (Å²) in [6.45, 7) is -1.47. The molecule has 1 aliphatic rings. The number of carbonyl (C=O) groups is 2. The van der Waals surface area contributed by atoms with E-state index < -0.39 is 43.3 Å². The summed E-state index contributed by atoms with van der Waals surface area (Å²) in [5.74, 6) is -1.03. The zero-order valence-electron chi connectivity index (χ0n) is 15.7. The predicted molar refractivity (Wildman–Crippen MR) is 123 cm³/mol. The van der Waals surface area contributed by atoms with Gasteiger partial charge in [0.25, 0.3) is 11.8 Å². The quantitative estimate of drug-likeness (QED) is 0.144. The van der Waals surface area contributed by atoms with Gasteiger partial charge in [-0.1, -0.05) is 0 Å². The molecule has 1 aromatic rings. The first-order valence-corrected chi connectivity index (χ1v) is 11.1. The fourth-order valence-electron chi connectivity index (χ4n) is 2.60. The lowest BCUT2D eigenvalue weighted by Crippen LogP contribution is -2.39. The van der Waals surface area contributed by atoms with E-state index in [4.69, 9.17) is 14.9 Å². The molecule has 0 saturated heterocycles. The Bertz CT molecular complexity index is 795. The Morgan fingerprint density at radius 3 is 2.03 bits per heavy atom. The second-order valence-corrected chi connectivity index (χ2v) is 8.64. The molecule has 2 rings (SSSR count). The summed E-state index contributed by atoms with van der Waals surface area (Å²) in [6.07, 6.45) is -2.88. The van der Waals surface area contributed by atoms with Crippen LogP contribution in [0.2, 0.25) is 0 Å². The highest BCUT2D eigenvalue weighted by atomic mass is 127. The van der Waals surface area contributed by atoms with Gasteiger partial charge in [-0.3, -0.25) is 9.59 Å². The molecule has 168 valence electrons. The molecule has 0 aromatic heterocycles. The number of nitrogens with one attached hydrogen (secondary N) is 3. The van der Waals surface area contributed by atoms with Gasteiger partial charge in [-0.2, -0.15) is 0 Å². The average molecular weight is 651 g/mol. The summed E-state index contributed by atoms with van der Waals surface area (Å²) in [5.41, 5.74) is 0.614. The van der Waals surface area contributed by atoms with Crippen molar-refractivity contribution in [2.45, 2.75) is 18.3 Å². The molecular formula is C17H23I2N3O8. The van der Waals surface area contributed by atoms with Gasteiger partial charge in [0, 0.05) is 16.7 Å². The summed E-state index contributed by atoms with van der Waals surface area (Å²) in [7, 11) is 0. The van der Waals surface area contributed by atoms with Crippen molar-refractivity contribution in [1.29, 1.82) is 0 Å². The lowest BCUT2D eigenvalue weighted by molar-refractivity contribution is 0.0789. The summed E-state index contributed by atoms with van der Waals surface area (Å²) in [4.78, 5) is 25.6. The minimum absolute atomic E-state index is 0.0367. The number of ether oxygens (including phenoxy) is 1.